The van der Waals surface area contributed by atoms with Crippen LogP contribution in [0.1, 0.15) is 19.4 Å². The molecule has 0 unspecified atom stereocenters. The predicted molar refractivity (Wildman–Crippen MR) is 77.9 cm³/mol. The van der Waals surface area contributed by atoms with Crippen LogP contribution in [-0.2, 0) is 13.6 Å². The summed E-state index contributed by atoms with van der Waals surface area (Å²) in [7, 11) is -2.56. The Balaban J connectivity index is 3.32. The summed E-state index contributed by atoms with van der Waals surface area (Å²) in [5.74, 6) is 0.949. The number of alkyl halides is 3. The minimum Gasteiger partial charge on any atom is -0.497 e. The summed E-state index contributed by atoms with van der Waals surface area (Å²) >= 11 is 0. The van der Waals surface area contributed by atoms with Gasteiger partial charge in [-0.1, -0.05) is 12.1 Å². The Morgan fingerprint density at radius 2 is 1.64 bits per heavy atom. The van der Waals surface area contributed by atoms with Crippen LogP contribution in [0.15, 0.2) is 30.1 Å². The SMILES string of the molecule is CCOP(=O)(/C=C(/c1ccc(OC)cc1)C(F)(F)F)OCC. The van der Waals surface area contributed by atoms with Crippen molar-refractivity contribution in [2.75, 3.05) is 20.3 Å². The van der Waals surface area contributed by atoms with Crippen LogP contribution in [0.3, 0.4) is 0 Å². The first-order valence-corrected chi connectivity index (χ1v) is 8.20. The molecule has 0 spiro atoms. The molecule has 0 aliphatic carbocycles. The molecule has 1 rings (SSSR count). The van der Waals surface area contributed by atoms with Crippen molar-refractivity contribution in [1.29, 1.82) is 0 Å². The molecular weight excluding hydrogens is 320 g/mol. The lowest BCUT2D eigenvalue weighted by atomic mass is 10.1. The molecule has 0 aliphatic heterocycles. The number of halogens is 3. The van der Waals surface area contributed by atoms with E-state index in [9.17, 15) is 17.7 Å². The zero-order valence-electron chi connectivity index (χ0n) is 12.5. The molecule has 0 radical (unpaired) electrons. The van der Waals surface area contributed by atoms with Crippen LogP contribution in [0.2, 0.25) is 0 Å². The van der Waals surface area contributed by atoms with Crippen LogP contribution in [0.4, 0.5) is 13.2 Å². The van der Waals surface area contributed by atoms with Gasteiger partial charge < -0.3 is 13.8 Å². The van der Waals surface area contributed by atoms with Crippen LogP contribution in [0.25, 0.3) is 5.57 Å². The zero-order valence-corrected chi connectivity index (χ0v) is 13.4. The molecule has 0 saturated carbocycles. The molecule has 0 saturated heterocycles. The summed E-state index contributed by atoms with van der Waals surface area (Å²) < 4.78 is 66.8. The normalized spacial score (nSPS) is 13.3. The van der Waals surface area contributed by atoms with Gasteiger partial charge in [0.15, 0.2) is 0 Å². The molecule has 8 heteroatoms. The lowest BCUT2D eigenvalue weighted by Crippen LogP contribution is -2.11. The highest BCUT2D eigenvalue weighted by Gasteiger charge is 2.38. The zero-order chi connectivity index (χ0) is 16.8. The summed E-state index contributed by atoms with van der Waals surface area (Å²) in [4.78, 5) is 0. The first-order chi connectivity index (χ1) is 10.3. The summed E-state index contributed by atoms with van der Waals surface area (Å²) in [6.07, 6.45) is -4.70. The van der Waals surface area contributed by atoms with Crippen molar-refractivity contribution in [2.24, 2.45) is 0 Å². The van der Waals surface area contributed by atoms with E-state index in [1.807, 2.05) is 0 Å². The van der Waals surface area contributed by atoms with Gasteiger partial charge in [0.1, 0.15) is 5.75 Å². The van der Waals surface area contributed by atoms with Crippen molar-refractivity contribution in [2.45, 2.75) is 20.0 Å². The number of methoxy groups -OCH3 is 1. The Bertz CT molecular complexity index is 542. The minimum atomic E-state index is -4.70. The fourth-order valence-electron chi connectivity index (χ4n) is 1.71. The molecule has 0 atom stereocenters. The fraction of sp³-hybridized carbons (Fsp3) is 0.429. The number of benzene rings is 1. The lowest BCUT2D eigenvalue weighted by molar-refractivity contribution is -0.0689. The van der Waals surface area contributed by atoms with Gasteiger partial charge in [0.25, 0.3) is 0 Å². The summed E-state index contributed by atoms with van der Waals surface area (Å²) in [5.41, 5.74) is -1.21. The third kappa shape index (κ3) is 5.16. The smallest absolute Gasteiger partial charge is 0.417 e. The van der Waals surface area contributed by atoms with E-state index in [1.165, 1.54) is 45.2 Å². The minimum absolute atomic E-state index is 0.0263. The van der Waals surface area contributed by atoms with Gasteiger partial charge in [-0.2, -0.15) is 13.2 Å². The largest absolute Gasteiger partial charge is 0.497 e. The molecule has 0 fully saturated rings. The number of hydrogen-bond acceptors (Lipinski definition) is 4. The predicted octanol–water partition coefficient (Wildman–Crippen LogP) is 4.86. The van der Waals surface area contributed by atoms with Gasteiger partial charge in [0.05, 0.1) is 25.9 Å². The van der Waals surface area contributed by atoms with E-state index >= 15 is 0 Å². The van der Waals surface area contributed by atoms with Crippen molar-refractivity contribution in [1.82, 2.24) is 0 Å². The van der Waals surface area contributed by atoms with Gasteiger partial charge in [0, 0.05) is 5.82 Å². The fourth-order valence-corrected chi connectivity index (χ4v) is 3.27. The van der Waals surface area contributed by atoms with E-state index in [1.54, 1.807) is 0 Å². The molecule has 0 heterocycles. The van der Waals surface area contributed by atoms with Crippen molar-refractivity contribution < 1.29 is 31.5 Å². The maximum atomic E-state index is 13.3. The quantitative estimate of drug-likeness (QED) is 0.666. The molecule has 1 aromatic carbocycles. The molecule has 0 amide bonds. The third-order valence-corrected chi connectivity index (χ3v) is 4.42. The van der Waals surface area contributed by atoms with E-state index in [2.05, 4.69) is 0 Å². The second-order valence-corrected chi connectivity index (χ2v) is 6.00. The van der Waals surface area contributed by atoms with E-state index in [-0.39, 0.29) is 18.8 Å². The maximum Gasteiger partial charge on any atom is 0.417 e. The summed E-state index contributed by atoms with van der Waals surface area (Å²) in [6.45, 7) is 3.00. The number of allylic oxidation sites excluding steroid dienone is 1. The van der Waals surface area contributed by atoms with Crippen LogP contribution in [-0.4, -0.2) is 26.5 Å². The Morgan fingerprint density at radius 3 is 2.00 bits per heavy atom. The first-order valence-electron chi connectivity index (χ1n) is 6.59. The van der Waals surface area contributed by atoms with Crippen molar-refractivity contribution in [3.63, 3.8) is 0 Å². The number of rotatable bonds is 7. The van der Waals surface area contributed by atoms with Crippen molar-refractivity contribution in [3.05, 3.63) is 35.6 Å². The van der Waals surface area contributed by atoms with E-state index in [0.717, 1.165) is 0 Å². The maximum absolute atomic E-state index is 13.3. The van der Waals surface area contributed by atoms with Gasteiger partial charge in [-0.15, -0.1) is 0 Å². The Hall–Kier alpha value is -1.30. The van der Waals surface area contributed by atoms with Gasteiger partial charge in [-0.05, 0) is 31.5 Å². The van der Waals surface area contributed by atoms with E-state index < -0.39 is 19.3 Å². The van der Waals surface area contributed by atoms with Crippen LogP contribution >= 0.6 is 7.60 Å². The monoisotopic (exact) mass is 338 g/mol. The molecular formula is C14H18F3O4P. The second-order valence-electron chi connectivity index (χ2n) is 4.14. The highest BCUT2D eigenvalue weighted by atomic mass is 31.2. The summed E-state index contributed by atoms with van der Waals surface area (Å²) in [6, 6.07) is 5.25. The molecule has 1 aromatic rings. The second kappa shape index (κ2) is 7.81. The van der Waals surface area contributed by atoms with Crippen LogP contribution in [0.5, 0.6) is 5.75 Å². The Morgan fingerprint density at radius 1 is 1.14 bits per heavy atom. The topological polar surface area (TPSA) is 44.8 Å². The molecule has 0 aromatic heterocycles. The standard InChI is InChI=1S/C14H18F3O4P/c1-4-20-22(18,21-5-2)10-13(14(15,16)17)11-6-8-12(19-3)9-7-11/h6-10H,4-5H2,1-3H3/b13-10-. The first kappa shape index (κ1) is 18.7. The number of ether oxygens (including phenoxy) is 1. The molecule has 0 N–H and O–H groups in total. The Labute approximate surface area is 127 Å². The summed E-state index contributed by atoms with van der Waals surface area (Å²) in [5, 5.41) is 0. The van der Waals surface area contributed by atoms with Gasteiger partial charge in [-0.3, -0.25) is 4.57 Å². The molecule has 0 bridgehead atoms. The van der Waals surface area contributed by atoms with Gasteiger partial charge >= 0.3 is 13.8 Å². The average molecular weight is 338 g/mol. The highest BCUT2D eigenvalue weighted by molar-refractivity contribution is 7.57. The molecule has 4 nitrogen and oxygen atoms in total. The highest BCUT2D eigenvalue weighted by Crippen LogP contribution is 2.53. The van der Waals surface area contributed by atoms with E-state index in [0.29, 0.717) is 11.6 Å². The van der Waals surface area contributed by atoms with E-state index in [4.69, 9.17) is 13.8 Å². The van der Waals surface area contributed by atoms with Crippen molar-refractivity contribution in [3.8, 4) is 5.75 Å². The molecule has 22 heavy (non-hydrogen) atoms. The third-order valence-electron chi connectivity index (χ3n) is 2.61. The van der Waals surface area contributed by atoms with Gasteiger partial charge in [-0.25, -0.2) is 0 Å². The number of hydrogen-bond donors (Lipinski definition) is 0. The molecule has 0 aliphatic rings. The molecule has 124 valence electrons. The Kier molecular flexibility index (Phi) is 6.66. The van der Waals surface area contributed by atoms with Crippen LogP contribution < -0.4 is 4.74 Å². The van der Waals surface area contributed by atoms with Gasteiger partial charge in [0.2, 0.25) is 0 Å². The van der Waals surface area contributed by atoms with Crippen molar-refractivity contribution >= 4 is 13.2 Å². The van der Waals surface area contributed by atoms with Crippen LogP contribution in [0, 0.1) is 0 Å². The average Bonchev–Trinajstić information content (AvgIpc) is 2.44. The lowest BCUT2D eigenvalue weighted by Gasteiger charge is -2.17.